The molecule has 146 valence electrons. The van der Waals surface area contributed by atoms with Gasteiger partial charge in [0.05, 0.1) is 22.5 Å². The Morgan fingerprint density at radius 3 is 2.86 bits per heavy atom. The van der Waals surface area contributed by atoms with Crippen LogP contribution in [-0.4, -0.2) is 34.3 Å². The number of likely N-dealkylation sites (tertiary alicyclic amines) is 1. The quantitative estimate of drug-likeness (QED) is 0.737. The molecule has 1 saturated heterocycles. The van der Waals surface area contributed by atoms with Crippen molar-refractivity contribution in [2.45, 2.75) is 37.6 Å². The summed E-state index contributed by atoms with van der Waals surface area (Å²) in [5, 5.41) is 4.00. The van der Waals surface area contributed by atoms with E-state index in [1.165, 1.54) is 0 Å². The molecule has 0 aliphatic carbocycles. The first-order valence-corrected chi connectivity index (χ1v) is 10.2. The molecule has 0 bridgehead atoms. The normalized spacial score (nSPS) is 22.9. The minimum Gasteiger partial charge on any atom is -0.334 e. The van der Waals surface area contributed by atoms with Gasteiger partial charge in [-0.2, -0.15) is 0 Å². The van der Waals surface area contributed by atoms with Crippen LogP contribution in [0.25, 0.3) is 10.9 Å². The molecule has 1 N–H and O–H groups in total. The second-order valence-corrected chi connectivity index (χ2v) is 7.94. The molecule has 3 aromatic rings. The molecule has 29 heavy (non-hydrogen) atoms. The largest absolute Gasteiger partial charge is 0.334 e. The van der Waals surface area contributed by atoms with E-state index in [1.807, 2.05) is 59.5 Å². The van der Waals surface area contributed by atoms with Gasteiger partial charge in [-0.1, -0.05) is 49.7 Å². The van der Waals surface area contributed by atoms with Crippen LogP contribution >= 0.6 is 0 Å². The minimum atomic E-state index is -0.660. The summed E-state index contributed by atoms with van der Waals surface area (Å²) in [5.74, 6) is -0.0279. The fourth-order valence-electron chi connectivity index (χ4n) is 5.07. The van der Waals surface area contributed by atoms with Crippen molar-refractivity contribution in [1.29, 1.82) is 0 Å². The Kier molecular flexibility index (Phi) is 4.12. The Labute approximate surface area is 169 Å². The second-order valence-electron chi connectivity index (χ2n) is 7.94. The van der Waals surface area contributed by atoms with Gasteiger partial charge < -0.3 is 10.2 Å². The number of amides is 2. The summed E-state index contributed by atoms with van der Waals surface area (Å²) < 4.78 is 0. The Morgan fingerprint density at radius 2 is 2.00 bits per heavy atom. The average molecular weight is 385 g/mol. The number of anilines is 1. The lowest BCUT2D eigenvalue weighted by atomic mass is 9.73. The van der Waals surface area contributed by atoms with Crippen molar-refractivity contribution in [3.8, 4) is 0 Å². The van der Waals surface area contributed by atoms with Crippen molar-refractivity contribution in [2.24, 2.45) is 0 Å². The summed E-state index contributed by atoms with van der Waals surface area (Å²) in [4.78, 5) is 33.0. The summed E-state index contributed by atoms with van der Waals surface area (Å²) in [6, 6.07) is 17.4. The molecule has 5 rings (SSSR count). The van der Waals surface area contributed by atoms with Crippen LogP contribution in [0.15, 0.2) is 60.8 Å². The van der Waals surface area contributed by atoms with Gasteiger partial charge in [0, 0.05) is 23.8 Å². The Balaban J connectivity index is 1.55. The molecule has 2 aliphatic rings. The maximum Gasteiger partial charge on any atom is 0.255 e. The lowest BCUT2D eigenvalue weighted by molar-refractivity contribution is -0.121. The maximum atomic E-state index is 13.5. The lowest BCUT2D eigenvalue weighted by Crippen LogP contribution is -2.48. The molecular weight excluding hydrogens is 362 g/mol. The number of benzene rings is 2. The second kappa shape index (κ2) is 6.69. The smallest absolute Gasteiger partial charge is 0.255 e. The van der Waals surface area contributed by atoms with E-state index in [1.54, 1.807) is 6.20 Å². The van der Waals surface area contributed by atoms with Gasteiger partial charge in [-0.05, 0) is 36.6 Å². The zero-order chi connectivity index (χ0) is 20.0. The molecule has 2 atom stereocenters. The molecular formula is C24H23N3O2. The maximum absolute atomic E-state index is 13.5. The van der Waals surface area contributed by atoms with Crippen molar-refractivity contribution in [1.82, 2.24) is 9.88 Å². The predicted molar refractivity (Wildman–Crippen MR) is 113 cm³/mol. The van der Waals surface area contributed by atoms with E-state index < -0.39 is 5.41 Å². The third-order valence-electron chi connectivity index (χ3n) is 6.41. The fraction of sp³-hybridized carbons (Fsp3) is 0.292. The topological polar surface area (TPSA) is 62.3 Å². The van der Waals surface area contributed by atoms with Crippen molar-refractivity contribution < 1.29 is 9.59 Å². The number of rotatable bonds is 3. The van der Waals surface area contributed by atoms with Crippen LogP contribution in [-0.2, 0) is 10.2 Å². The number of para-hydroxylation sites is 2. The highest BCUT2D eigenvalue weighted by molar-refractivity contribution is 6.08. The van der Waals surface area contributed by atoms with Gasteiger partial charge in [0.2, 0.25) is 5.91 Å². The summed E-state index contributed by atoms with van der Waals surface area (Å²) in [5.41, 5.74) is 2.69. The molecule has 0 unspecified atom stereocenters. The van der Waals surface area contributed by atoms with Crippen LogP contribution in [0.3, 0.4) is 0 Å². The fourth-order valence-corrected chi connectivity index (χ4v) is 5.07. The molecule has 3 heterocycles. The zero-order valence-corrected chi connectivity index (χ0v) is 16.4. The van der Waals surface area contributed by atoms with Gasteiger partial charge in [-0.25, -0.2) is 0 Å². The number of carbonyl (C=O) groups is 2. The van der Waals surface area contributed by atoms with Gasteiger partial charge in [0.1, 0.15) is 0 Å². The first-order chi connectivity index (χ1) is 14.1. The average Bonchev–Trinajstić information content (AvgIpc) is 3.27. The highest BCUT2D eigenvalue weighted by Crippen LogP contribution is 2.49. The van der Waals surface area contributed by atoms with E-state index in [-0.39, 0.29) is 17.9 Å². The summed E-state index contributed by atoms with van der Waals surface area (Å²) in [6.45, 7) is 2.67. The van der Waals surface area contributed by atoms with Crippen LogP contribution in [0.5, 0.6) is 0 Å². The van der Waals surface area contributed by atoms with Crippen LogP contribution in [0, 0.1) is 0 Å². The van der Waals surface area contributed by atoms with Crippen molar-refractivity contribution in [3.63, 3.8) is 0 Å². The molecule has 5 heteroatoms. The Bertz CT molecular complexity index is 1130. The number of hydrogen-bond acceptors (Lipinski definition) is 3. The van der Waals surface area contributed by atoms with Crippen LogP contribution < -0.4 is 5.32 Å². The van der Waals surface area contributed by atoms with Gasteiger partial charge in [-0.15, -0.1) is 0 Å². The molecule has 1 aromatic heterocycles. The monoisotopic (exact) mass is 385 g/mol. The first-order valence-electron chi connectivity index (χ1n) is 10.2. The molecule has 5 nitrogen and oxygen atoms in total. The van der Waals surface area contributed by atoms with E-state index in [2.05, 4.69) is 17.2 Å². The highest BCUT2D eigenvalue weighted by atomic mass is 16.2. The van der Waals surface area contributed by atoms with Crippen molar-refractivity contribution in [3.05, 3.63) is 71.9 Å². The van der Waals surface area contributed by atoms with E-state index in [9.17, 15) is 9.59 Å². The minimum absolute atomic E-state index is 0.0177. The van der Waals surface area contributed by atoms with Gasteiger partial charge in [0.15, 0.2) is 0 Å². The zero-order valence-electron chi connectivity index (χ0n) is 16.4. The lowest BCUT2D eigenvalue weighted by Gasteiger charge is -2.34. The van der Waals surface area contributed by atoms with E-state index in [0.29, 0.717) is 18.5 Å². The van der Waals surface area contributed by atoms with Crippen molar-refractivity contribution in [2.75, 3.05) is 11.9 Å². The van der Waals surface area contributed by atoms with E-state index in [0.717, 1.165) is 35.0 Å². The number of aromatic nitrogens is 1. The number of carbonyl (C=O) groups excluding carboxylic acids is 2. The summed E-state index contributed by atoms with van der Waals surface area (Å²) in [7, 11) is 0. The predicted octanol–water partition coefficient (Wildman–Crippen LogP) is 4.14. The molecule has 2 aliphatic heterocycles. The standard InChI is InChI=1S/C24H23N3O2/c1-2-7-21-24(18-9-4-6-11-20(18)26-23(24)29)12-13-27(21)22(28)17-14-16-8-3-5-10-19(16)25-15-17/h3-6,8-11,14-15,21H,2,7,12-13H2,1H3,(H,26,29)/t21-,24-/m0/s1. The first kappa shape index (κ1) is 17.9. The SMILES string of the molecule is CCC[C@@H]1N(C(=O)c2cnc3ccccc3c2)CC[C@@]12C(=O)Nc1ccccc12. The molecule has 2 amide bonds. The van der Waals surface area contributed by atoms with Crippen molar-refractivity contribution >= 4 is 28.4 Å². The Hall–Kier alpha value is -3.21. The molecule has 1 spiro atoms. The molecule has 2 aromatic carbocycles. The Morgan fingerprint density at radius 1 is 1.21 bits per heavy atom. The number of hydrogen-bond donors (Lipinski definition) is 1. The van der Waals surface area contributed by atoms with E-state index >= 15 is 0 Å². The third kappa shape index (κ3) is 2.57. The van der Waals surface area contributed by atoms with Crippen LogP contribution in [0.1, 0.15) is 42.1 Å². The summed E-state index contributed by atoms with van der Waals surface area (Å²) in [6.07, 6.45) is 3.99. The highest BCUT2D eigenvalue weighted by Gasteiger charge is 2.58. The van der Waals surface area contributed by atoms with E-state index in [4.69, 9.17) is 0 Å². The van der Waals surface area contributed by atoms with Gasteiger partial charge in [0.25, 0.3) is 5.91 Å². The van der Waals surface area contributed by atoms with Crippen LogP contribution in [0.2, 0.25) is 0 Å². The molecule has 0 saturated carbocycles. The van der Waals surface area contributed by atoms with Gasteiger partial charge >= 0.3 is 0 Å². The summed E-state index contributed by atoms with van der Waals surface area (Å²) >= 11 is 0. The number of nitrogens with one attached hydrogen (secondary N) is 1. The van der Waals surface area contributed by atoms with Crippen LogP contribution in [0.4, 0.5) is 5.69 Å². The molecule has 1 fully saturated rings. The van der Waals surface area contributed by atoms with Gasteiger partial charge in [-0.3, -0.25) is 14.6 Å². The number of fused-ring (bicyclic) bond motifs is 3. The third-order valence-corrected chi connectivity index (χ3v) is 6.41. The molecule has 0 radical (unpaired) electrons. The number of pyridine rings is 1. The number of nitrogens with zero attached hydrogens (tertiary/aromatic N) is 2.